The molecular formula is C12H20O2. The summed E-state index contributed by atoms with van der Waals surface area (Å²) in [5, 5.41) is 8.93. The highest BCUT2D eigenvalue weighted by atomic mass is 16.2. The Morgan fingerprint density at radius 3 is 1.93 bits per heavy atom. The third-order valence-corrected chi connectivity index (χ3v) is 2.86. The van der Waals surface area contributed by atoms with Crippen molar-refractivity contribution in [3.8, 4) is 0 Å². The number of hydrogen-bond donors (Lipinski definition) is 1. The van der Waals surface area contributed by atoms with Crippen molar-refractivity contribution in [2.24, 2.45) is 0 Å². The van der Waals surface area contributed by atoms with E-state index in [9.17, 15) is 4.79 Å². The molecule has 0 saturated heterocycles. The highest BCUT2D eigenvalue weighted by Crippen LogP contribution is 2.17. The molecule has 0 unspecified atom stereocenters. The van der Waals surface area contributed by atoms with Gasteiger partial charge in [0.1, 0.15) is 0 Å². The van der Waals surface area contributed by atoms with E-state index in [1.807, 2.05) is 0 Å². The van der Waals surface area contributed by atoms with Crippen LogP contribution in [0.25, 0.3) is 0 Å². The van der Waals surface area contributed by atoms with Crippen LogP contribution in [0.5, 0.6) is 0 Å². The van der Waals surface area contributed by atoms with Crippen molar-refractivity contribution in [3.63, 3.8) is 0 Å². The molecule has 80 valence electrons. The lowest BCUT2D eigenvalue weighted by molar-refractivity contribution is -0.115. The quantitative estimate of drug-likeness (QED) is 0.475. The third kappa shape index (κ3) is 3.95. The highest BCUT2D eigenvalue weighted by molar-refractivity contribution is 5.94. The maximum atomic E-state index is 11.5. The number of aliphatic hydroxyl groups excluding tert-OH is 1. The van der Waals surface area contributed by atoms with E-state index in [2.05, 4.69) is 0 Å². The Hall–Kier alpha value is -0.790. The van der Waals surface area contributed by atoms with Gasteiger partial charge in [-0.05, 0) is 19.3 Å². The average Bonchev–Trinajstić information content (AvgIpc) is 2.24. The number of hydrogen-bond acceptors (Lipinski definition) is 2. The molecule has 1 fully saturated rings. The second-order valence-electron chi connectivity index (χ2n) is 4.05. The summed E-state index contributed by atoms with van der Waals surface area (Å²) >= 11 is 0. The Bertz CT molecular complexity index is 206. The molecule has 14 heavy (non-hydrogen) atoms. The fraction of sp³-hybridized carbons (Fsp3) is 0.750. The molecule has 0 aromatic heterocycles. The number of carbonyl (C=O) groups excluding carboxylic acids is 1. The van der Waals surface area contributed by atoms with Crippen LogP contribution in [0.2, 0.25) is 0 Å². The Morgan fingerprint density at radius 1 is 0.857 bits per heavy atom. The van der Waals surface area contributed by atoms with Crippen molar-refractivity contribution in [2.75, 3.05) is 0 Å². The SMILES string of the molecule is O=C1CCCCCCCCC/C1=C/O. The zero-order valence-electron chi connectivity index (χ0n) is 8.80. The normalized spacial score (nSPS) is 24.6. The molecule has 0 aromatic carbocycles. The van der Waals surface area contributed by atoms with Gasteiger partial charge in [0.15, 0.2) is 5.78 Å². The summed E-state index contributed by atoms with van der Waals surface area (Å²) in [7, 11) is 0. The molecule has 1 rings (SSSR count). The fourth-order valence-corrected chi connectivity index (χ4v) is 1.92. The van der Waals surface area contributed by atoms with Crippen LogP contribution >= 0.6 is 0 Å². The van der Waals surface area contributed by atoms with Gasteiger partial charge in [-0.25, -0.2) is 0 Å². The number of ketones is 1. The summed E-state index contributed by atoms with van der Waals surface area (Å²) in [4.78, 5) is 11.5. The first-order valence-corrected chi connectivity index (χ1v) is 5.71. The molecule has 0 atom stereocenters. The van der Waals surface area contributed by atoms with Crippen LogP contribution in [0.4, 0.5) is 0 Å². The van der Waals surface area contributed by atoms with E-state index in [4.69, 9.17) is 5.11 Å². The van der Waals surface area contributed by atoms with Gasteiger partial charge in [0.05, 0.1) is 6.26 Å². The molecule has 1 aliphatic rings. The maximum Gasteiger partial charge on any atom is 0.161 e. The van der Waals surface area contributed by atoms with E-state index in [0.717, 1.165) is 31.9 Å². The van der Waals surface area contributed by atoms with Crippen molar-refractivity contribution < 1.29 is 9.90 Å². The highest BCUT2D eigenvalue weighted by Gasteiger charge is 2.10. The van der Waals surface area contributed by atoms with Gasteiger partial charge in [-0.2, -0.15) is 0 Å². The van der Waals surface area contributed by atoms with Gasteiger partial charge in [-0.3, -0.25) is 4.79 Å². The minimum Gasteiger partial charge on any atom is -0.515 e. The molecule has 0 aromatic rings. The molecule has 0 amide bonds. The Kier molecular flexibility index (Phi) is 5.35. The van der Waals surface area contributed by atoms with Gasteiger partial charge in [0.2, 0.25) is 0 Å². The number of rotatable bonds is 0. The summed E-state index contributed by atoms with van der Waals surface area (Å²) in [6.07, 6.45) is 10.6. The first kappa shape index (κ1) is 11.3. The van der Waals surface area contributed by atoms with Gasteiger partial charge < -0.3 is 5.11 Å². The zero-order valence-corrected chi connectivity index (χ0v) is 8.80. The number of allylic oxidation sites excluding steroid dienone is 1. The number of carbonyl (C=O) groups is 1. The van der Waals surface area contributed by atoms with Crippen LogP contribution < -0.4 is 0 Å². The minimum absolute atomic E-state index is 0.148. The molecule has 0 spiro atoms. The predicted octanol–water partition coefficient (Wildman–Crippen LogP) is 3.52. The van der Waals surface area contributed by atoms with E-state index < -0.39 is 0 Å². The van der Waals surface area contributed by atoms with Crippen LogP contribution in [0.15, 0.2) is 11.8 Å². The molecule has 0 aliphatic heterocycles. The van der Waals surface area contributed by atoms with Crippen molar-refractivity contribution in [1.82, 2.24) is 0 Å². The molecule has 1 N–H and O–H groups in total. The molecule has 0 bridgehead atoms. The lowest BCUT2D eigenvalue weighted by Crippen LogP contribution is -2.02. The van der Waals surface area contributed by atoms with Crippen molar-refractivity contribution in [1.29, 1.82) is 0 Å². The van der Waals surface area contributed by atoms with Crippen molar-refractivity contribution in [2.45, 2.75) is 57.8 Å². The number of aliphatic hydroxyl groups is 1. The van der Waals surface area contributed by atoms with E-state index in [1.165, 1.54) is 25.7 Å². The Labute approximate surface area is 86.0 Å². The van der Waals surface area contributed by atoms with Crippen LogP contribution in [-0.4, -0.2) is 10.9 Å². The standard InChI is InChI=1S/C12H20O2/c13-10-11-8-6-4-2-1-3-5-7-9-12(11)14/h10,13H,1-9H2/b11-10-. The lowest BCUT2D eigenvalue weighted by Gasteiger charge is -2.03. The summed E-state index contributed by atoms with van der Waals surface area (Å²) in [6, 6.07) is 0. The smallest absolute Gasteiger partial charge is 0.161 e. The molecular weight excluding hydrogens is 176 g/mol. The minimum atomic E-state index is 0.148. The Balaban J connectivity index is 2.46. The van der Waals surface area contributed by atoms with E-state index >= 15 is 0 Å². The van der Waals surface area contributed by atoms with Gasteiger partial charge in [-0.15, -0.1) is 0 Å². The second-order valence-corrected chi connectivity index (χ2v) is 4.05. The summed E-state index contributed by atoms with van der Waals surface area (Å²) in [5.41, 5.74) is 0.631. The monoisotopic (exact) mass is 196 g/mol. The predicted molar refractivity (Wildman–Crippen MR) is 57.3 cm³/mol. The van der Waals surface area contributed by atoms with Crippen LogP contribution in [0.3, 0.4) is 0 Å². The Morgan fingerprint density at radius 2 is 1.36 bits per heavy atom. The molecule has 0 heterocycles. The zero-order chi connectivity index (χ0) is 10.2. The molecule has 2 heteroatoms. The molecule has 1 aliphatic carbocycles. The van der Waals surface area contributed by atoms with Crippen LogP contribution in [0, 0.1) is 0 Å². The van der Waals surface area contributed by atoms with Gasteiger partial charge >= 0.3 is 0 Å². The van der Waals surface area contributed by atoms with Crippen molar-refractivity contribution in [3.05, 3.63) is 11.8 Å². The van der Waals surface area contributed by atoms with Gasteiger partial charge in [0, 0.05) is 12.0 Å². The van der Waals surface area contributed by atoms with Gasteiger partial charge in [0.25, 0.3) is 0 Å². The van der Waals surface area contributed by atoms with Crippen LogP contribution in [-0.2, 0) is 4.79 Å². The summed E-state index contributed by atoms with van der Waals surface area (Å²) in [6.45, 7) is 0. The fourth-order valence-electron chi connectivity index (χ4n) is 1.92. The number of Topliss-reactive ketones (excluding diaryl/α,β-unsaturated/α-hetero) is 1. The first-order valence-electron chi connectivity index (χ1n) is 5.71. The summed E-state index contributed by atoms with van der Waals surface area (Å²) < 4.78 is 0. The van der Waals surface area contributed by atoms with E-state index in [0.29, 0.717) is 12.0 Å². The summed E-state index contributed by atoms with van der Waals surface area (Å²) in [5.74, 6) is 0.148. The lowest BCUT2D eigenvalue weighted by atomic mass is 10.0. The average molecular weight is 196 g/mol. The first-order chi connectivity index (χ1) is 6.84. The molecule has 2 nitrogen and oxygen atoms in total. The van der Waals surface area contributed by atoms with E-state index in [-0.39, 0.29) is 5.78 Å². The van der Waals surface area contributed by atoms with E-state index in [1.54, 1.807) is 0 Å². The van der Waals surface area contributed by atoms with Gasteiger partial charge in [-0.1, -0.05) is 32.1 Å². The molecule has 0 radical (unpaired) electrons. The molecule has 1 saturated carbocycles. The largest absolute Gasteiger partial charge is 0.515 e. The third-order valence-electron chi connectivity index (χ3n) is 2.86. The maximum absolute atomic E-state index is 11.5. The van der Waals surface area contributed by atoms with Crippen molar-refractivity contribution >= 4 is 5.78 Å². The second kappa shape index (κ2) is 6.63. The topological polar surface area (TPSA) is 37.3 Å². The van der Waals surface area contributed by atoms with Crippen LogP contribution in [0.1, 0.15) is 57.8 Å².